The van der Waals surface area contributed by atoms with Crippen LogP contribution in [-0.2, 0) is 11.4 Å². The zero-order chi connectivity index (χ0) is 16.9. The average molecular weight is 324 g/mol. The first-order valence-electron chi connectivity index (χ1n) is 7.53. The smallest absolute Gasteiger partial charge is 0.305 e. The molecule has 0 unspecified atom stereocenters. The van der Waals surface area contributed by atoms with Crippen LogP contribution in [0.5, 0.6) is 5.75 Å². The van der Waals surface area contributed by atoms with Crippen molar-refractivity contribution in [2.75, 3.05) is 11.4 Å². The Kier molecular flexibility index (Phi) is 4.56. The molecule has 0 aliphatic carbocycles. The Hall–Kier alpha value is -3.15. The summed E-state index contributed by atoms with van der Waals surface area (Å²) in [7, 11) is 0. The van der Waals surface area contributed by atoms with E-state index in [0.29, 0.717) is 42.0 Å². The molecule has 0 saturated carbocycles. The molecular weight excluding hydrogens is 308 g/mol. The number of aldehydes is 1. The van der Waals surface area contributed by atoms with Gasteiger partial charge in [-0.05, 0) is 36.8 Å². The first kappa shape index (κ1) is 15.7. The van der Waals surface area contributed by atoms with Gasteiger partial charge in [0.2, 0.25) is 6.41 Å². The number of hydrogen-bond donors (Lipinski definition) is 0. The van der Waals surface area contributed by atoms with Crippen LogP contribution in [0.15, 0.2) is 46.9 Å². The predicted molar refractivity (Wildman–Crippen MR) is 89.3 cm³/mol. The van der Waals surface area contributed by atoms with E-state index in [1.165, 1.54) is 4.90 Å². The fraction of sp³-hybridized carbons (Fsp3) is 0.167. The second-order valence-electron chi connectivity index (χ2n) is 5.17. The number of fused-ring (bicyclic) bond motifs is 1. The molecule has 0 atom stereocenters. The Bertz CT molecular complexity index is 872. The lowest BCUT2D eigenvalue weighted by atomic mass is 10.2. The van der Waals surface area contributed by atoms with Crippen molar-refractivity contribution in [2.24, 2.45) is 0 Å². The largest absolute Gasteiger partial charge is 0.489 e. The number of carbonyl (C=O) groups is 2. The van der Waals surface area contributed by atoms with Crippen molar-refractivity contribution >= 4 is 29.8 Å². The molecule has 6 heteroatoms. The molecule has 2 aromatic carbocycles. The van der Waals surface area contributed by atoms with Gasteiger partial charge in [0, 0.05) is 12.1 Å². The minimum absolute atomic E-state index is 0.277. The van der Waals surface area contributed by atoms with Crippen molar-refractivity contribution in [1.82, 2.24) is 4.98 Å². The summed E-state index contributed by atoms with van der Waals surface area (Å²) in [4.78, 5) is 27.4. The normalized spacial score (nSPS) is 10.5. The Morgan fingerprint density at radius 3 is 2.83 bits per heavy atom. The molecule has 6 nitrogen and oxygen atoms in total. The van der Waals surface area contributed by atoms with Crippen molar-refractivity contribution in [3.8, 4) is 5.75 Å². The molecule has 0 radical (unpaired) electrons. The van der Waals surface area contributed by atoms with Gasteiger partial charge in [-0.3, -0.25) is 14.5 Å². The Labute approximate surface area is 138 Å². The molecule has 0 fully saturated rings. The van der Waals surface area contributed by atoms with Crippen LogP contribution >= 0.6 is 0 Å². The summed E-state index contributed by atoms with van der Waals surface area (Å²) in [5.41, 5.74) is 2.73. The second-order valence-corrected chi connectivity index (χ2v) is 5.17. The molecule has 0 spiro atoms. The van der Waals surface area contributed by atoms with Gasteiger partial charge in [-0.25, -0.2) is 0 Å². The van der Waals surface area contributed by atoms with Crippen LogP contribution in [0.1, 0.15) is 22.8 Å². The summed E-state index contributed by atoms with van der Waals surface area (Å²) < 4.78 is 11.3. The molecule has 1 heterocycles. The highest BCUT2D eigenvalue weighted by molar-refractivity contribution is 5.79. The molecule has 0 saturated heterocycles. The summed E-state index contributed by atoms with van der Waals surface area (Å²) in [5.74, 6) is 0.621. The summed E-state index contributed by atoms with van der Waals surface area (Å²) in [6, 6.07) is 12.8. The van der Waals surface area contributed by atoms with Crippen LogP contribution in [0.25, 0.3) is 11.1 Å². The molecular formula is C18H16N2O4. The summed E-state index contributed by atoms with van der Waals surface area (Å²) in [5, 5.41) is 0. The summed E-state index contributed by atoms with van der Waals surface area (Å²) in [6.07, 6.45) is 1.47. The van der Waals surface area contributed by atoms with E-state index in [4.69, 9.17) is 9.15 Å². The summed E-state index contributed by atoms with van der Waals surface area (Å²) in [6.45, 7) is 2.66. The van der Waals surface area contributed by atoms with Crippen molar-refractivity contribution < 1.29 is 18.7 Å². The predicted octanol–water partition coefficient (Wildman–Crippen LogP) is 3.20. The lowest BCUT2D eigenvalue weighted by molar-refractivity contribution is -0.107. The third-order valence-corrected chi connectivity index (χ3v) is 3.55. The topological polar surface area (TPSA) is 72.6 Å². The van der Waals surface area contributed by atoms with Gasteiger partial charge in [-0.15, -0.1) is 0 Å². The van der Waals surface area contributed by atoms with Gasteiger partial charge in [0.1, 0.15) is 24.2 Å². The Morgan fingerprint density at radius 2 is 2.08 bits per heavy atom. The number of carbonyl (C=O) groups excluding carboxylic acids is 2. The first-order valence-corrected chi connectivity index (χ1v) is 7.53. The lowest BCUT2D eigenvalue weighted by Crippen LogP contribution is -2.20. The lowest BCUT2D eigenvalue weighted by Gasteiger charge is -2.07. The molecule has 0 aliphatic rings. The SMILES string of the molecule is CCN(C=O)c1nc2ccc(COc3cccc(C=O)c3)cc2o1. The minimum atomic E-state index is 0.277. The molecule has 0 aliphatic heterocycles. The number of amides is 1. The monoisotopic (exact) mass is 324 g/mol. The number of nitrogens with zero attached hydrogens (tertiary/aromatic N) is 2. The van der Waals surface area contributed by atoms with Crippen LogP contribution in [0.3, 0.4) is 0 Å². The molecule has 0 N–H and O–H groups in total. The number of rotatable bonds is 7. The van der Waals surface area contributed by atoms with Gasteiger partial charge < -0.3 is 9.15 Å². The molecule has 122 valence electrons. The van der Waals surface area contributed by atoms with E-state index in [1.54, 1.807) is 24.3 Å². The van der Waals surface area contributed by atoms with Crippen molar-refractivity contribution in [3.63, 3.8) is 0 Å². The maximum atomic E-state index is 11.0. The number of benzene rings is 2. The van der Waals surface area contributed by atoms with Gasteiger partial charge in [0.15, 0.2) is 5.58 Å². The quantitative estimate of drug-likeness (QED) is 0.624. The number of aromatic nitrogens is 1. The average Bonchev–Trinajstić information content (AvgIpc) is 3.04. The zero-order valence-corrected chi connectivity index (χ0v) is 13.1. The Balaban J connectivity index is 1.77. The highest BCUT2D eigenvalue weighted by Crippen LogP contribution is 2.23. The van der Waals surface area contributed by atoms with E-state index < -0.39 is 0 Å². The van der Waals surface area contributed by atoms with E-state index in [-0.39, 0.29) is 6.01 Å². The van der Waals surface area contributed by atoms with E-state index in [9.17, 15) is 9.59 Å². The van der Waals surface area contributed by atoms with Gasteiger partial charge in [-0.2, -0.15) is 4.98 Å². The van der Waals surface area contributed by atoms with Crippen LogP contribution in [0.2, 0.25) is 0 Å². The third kappa shape index (κ3) is 3.27. The molecule has 1 aromatic heterocycles. The third-order valence-electron chi connectivity index (χ3n) is 3.55. The van der Waals surface area contributed by atoms with Crippen molar-refractivity contribution in [2.45, 2.75) is 13.5 Å². The van der Waals surface area contributed by atoms with Gasteiger partial charge in [-0.1, -0.05) is 18.2 Å². The van der Waals surface area contributed by atoms with Gasteiger partial charge in [0.25, 0.3) is 0 Å². The number of ether oxygens (including phenoxy) is 1. The number of anilines is 1. The maximum absolute atomic E-state index is 11.0. The van der Waals surface area contributed by atoms with Crippen LogP contribution < -0.4 is 9.64 Å². The molecule has 3 aromatic rings. The van der Waals surface area contributed by atoms with E-state index in [0.717, 1.165) is 11.8 Å². The Morgan fingerprint density at radius 1 is 1.21 bits per heavy atom. The molecule has 24 heavy (non-hydrogen) atoms. The highest BCUT2D eigenvalue weighted by atomic mass is 16.5. The maximum Gasteiger partial charge on any atom is 0.305 e. The van der Waals surface area contributed by atoms with Crippen molar-refractivity contribution in [1.29, 1.82) is 0 Å². The van der Waals surface area contributed by atoms with Crippen LogP contribution in [0, 0.1) is 0 Å². The first-order chi connectivity index (χ1) is 11.7. The molecule has 0 bridgehead atoms. The number of hydrogen-bond acceptors (Lipinski definition) is 5. The zero-order valence-electron chi connectivity index (χ0n) is 13.1. The van der Waals surface area contributed by atoms with E-state index in [1.807, 2.05) is 25.1 Å². The summed E-state index contributed by atoms with van der Waals surface area (Å²) >= 11 is 0. The van der Waals surface area contributed by atoms with Crippen LogP contribution in [-0.4, -0.2) is 24.2 Å². The fourth-order valence-electron chi connectivity index (χ4n) is 2.27. The second kappa shape index (κ2) is 6.95. The molecule has 3 rings (SSSR count). The highest BCUT2D eigenvalue weighted by Gasteiger charge is 2.12. The van der Waals surface area contributed by atoms with E-state index >= 15 is 0 Å². The van der Waals surface area contributed by atoms with Gasteiger partial charge in [0.05, 0.1) is 0 Å². The number of oxazole rings is 1. The van der Waals surface area contributed by atoms with Crippen molar-refractivity contribution in [3.05, 3.63) is 53.6 Å². The minimum Gasteiger partial charge on any atom is -0.489 e. The van der Waals surface area contributed by atoms with Crippen LogP contribution in [0.4, 0.5) is 6.01 Å². The van der Waals surface area contributed by atoms with E-state index in [2.05, 4.69) is 4.98 Å². The molecule has 1 amide bonds. The fourth-order valence-corrected chi connectivity index (χ4v) is 2.27. The van der Waals surface area contributed by atoms with Gasteiger partial charge >= 0.3 is 6.01 Å². The standard InChI is InChI=1S/C18H16N2O4/c1-2-20(12-22)18-19-16-7-6-14(9-17(16)24-18)11-23-15-5-3-4-13(8-15)10-21/h3-10,12H,2,11H2,1H3.